The summed E-state index contributed by atoms with van der Waals surface area (Å²) >= 11 is 4.21. The molecule has 0 saturated heterocycles. The van der Waals surface area contributed by atoms with Crippen LogP contribution in [0, 0.1) is 10.5 Å². The standard InChI is InChI=1S/C9H7IS/c1-6-3-2-4-8-9(6)7(10)5-11-8/h2-5H,1H3. The Balaban J connectivity index is 2.96. The van der Waals surface area contributed by atoms with E-state index in [0.29, 0.717) is 0 Å². The number of thiophene rings is 1. The Kier molecular flexibility index (Phi) is 1.89. The van der Waals surface area contributed by atoms with E-state index in [2.05, 4.69) is 53.1 Å². The highest BCUT2D eigenvalue weighted by atomic mass is 127. The number of hydrogen-bond acceptors (Lipinski definition) is 1. The van der Waals surface area contributed by atoms with Crippen molar-refractivity contribution in [3.63, 3.8) is 0 Å². The lowest BCUT2D eigenvalue weighted by atomic mass is 10.2. The van der Waals surface area contributed by atoms with Crippen molar-refractivity contribution in [2.75, 3.05) is 0 Å². The Bertz CT molecular complexity index is 389. The van der Waals surface area contributed by atoms with Gasteiger partial charge < -0.3 is 0 Å². The Morgan fingerprint density at radius 3 is 2.91 bits per heavy atom. The molecule has 1 aromatic heterocycles. The Hall–Kier alpha value is -0.0900. The molecule has 0 fully saturated rings. The van der Waals surface area contributed by atoms with Gasteiger partial charge in [-0.05, 0) is 41.1 Å². The molecule has 0 saturated carbocycles. The second-order valence-electron chi connectivity index (χ2n) is 2.53. The topological polar surface area (TPSA) is 0 Å². The molecule has 0 atom stereocenters. The quantitative estimate of drug-likeness (QED) is 0.641. The number of halogens is 1. The summed E-state index contributed by atoms with van der Waals surface area (Å²) in [6.45, 7) is 2.16. The summed E-state index contributed by atoms with van der Waals surface area (Å²) in [6.07, 6.45) is 0. The van der Waals surface area contributed by atoms with Gasteiger partial charge in [-0.1, -0.05) is 12.1 Å². The molecule has 2 rings (SSSR count). The molecule has 0 aliphatic heterocycles. The van der Waals surface area contributed by atoms with Gasteiger partial charge in [0, 0.05) is 19.0 Å². The smallest absolute Gasteiger partial charge is 0.0356 e. The fourth-order valence-corrected chi connectivity index (χ4v) is 3.39. The lowest BCUT2D eigenvalue weighted by Crippen LogP contribution is -1.73. The molecular weight excluding hydrogens is 267 g/mol. The molecule has 0 aliphatic carbocycles. The van der Waals surface area contributed by atoms with Crippen molar-refractivity contribution >= 4 is 44.0 Å². The van der Waals surface area contributed by atoms with Gasteiger partial charge >= 0.3 is 0 Å². The second kappa shape index (κ2) is 2.75. The van der Waals surface area contributed by atoms with Gasteiger partial charge in [-0.2, -0.15) is 0 Å². The first kappa shape index (κ1) is 7.55. The first-order chi connectivity index (χ1) is 5.29. The van der Waals surface area contributed by atoms with E-state index in [1.807, 2.05) is 11.3 Å². The number of hydrogen-bond donors (Lipinski definition) is 0. The Morgan fingerprint density at radius 1 is 1.36 bits per heavy atom. The number of fused-ring (bicyclic) bond motifs is 1. The van der Waals surface area contributed by atoms with Crippen LogP contribution in [0.3, 0.4) is 0 Å². The molecule has 56 valence electrons. The molecule has 0 radical (unpaired) electrons. The van der Waals surface area contributed by atoms with E-state index in [1.54, 1.807) is 0 Å². The van der Waals surface area contributed by atoms with Crippen molar-refractivity contribution in [1.29, 1.82) is 0 Å². The van der Waals surface area contributed by atoms with Crippen LogP contribution in [-0.2, 0) is 0 Å². The van der Waals surface area contributed by atoms with E-state index in [4.69, 9.17) is 0 Å². The van der Waals surface area contributed by atoms with Crippen molar-refractivity contribution in [3.05, 3.63) is 32.7 Å². The highest BCUT2D eigenvalue weighted by Crippen LogP contribution is 2.29. The Morgan fingerprint density at radius 2 is 2.18 bits per heavy atom. The largest absolute Gasteiger partial charge is 0.143 e. The molecule has 0 aliphatic rings. The maximum Gasteiger partial charge on any atom is 0.0356 e. The van der Waals surface area contributed by atoms with Crippen molar-refractivity contribution < 1.29 is 0 Å². The molecule has 0 nitrogen and oxygen atoms in total. The molecule has 1 heterocycles. The van der Waals surface area contributed by atoms with Crippen LogP contribution in [-0.4, -0.2) is 0 Å². The third-order valence-electron chi connectivity index (χ3n) is 1.76. The van der Waals surface area contributed by atoms with Crippen LogP contribution in [0.2, 0.25) is 0 Å². The van der Waals surface area contributed by atoms with Gasteiger partial charge in [0.1, 0.15) is 0 Å². The van der Waals surface area contributed by atoms with Gasteiger partial charge in [-0.25, -0.2) is 0 Å². The molecule has 0 amide bonds. The maximum atomic E-state index is 2.39. The van der Waals surface area contributed by atoms with Crippen LogP contribution in [0.25, 0.3) is 10.1 Å². The summed E-state index contributed by atoms with van der Waals surface area (Å²) in [7, 11) is 0. The fourth-order valence-electron chi connectivity index (χ4n) is 1.22. The van der Waals surface area contributed by atoms with Crippen LogP contribution < -0.4 is 0 Å². The highest BCUT2D eigenvalue weighted by molar-refractivity contribution is 14.1. The maximum absolute atomic E-state index is 2.39. The van der Waals surface area contributed by atoms with Crippen LogP contribution in [0.4, 0.5) is 0 Å². The summed E-state index contributed by atoms with van der Waals surface area (Å²) in [5, 5.41) is 3.64. The summed E-state index contributed by atoms with van der Waals surface area (Å²) in [5.41, 5.74) is 1.38. The van der Waals surface area contributed by atoms with Gasteiger partial charge in [0.15, 0.2) is 0 Å². The average molecular weight is 274 g/mol. The highest BCUT2D eigenvalue weighted by Gasteiger charge is 2.01. The van der Waals surface area contributed by atoms with Gasteiger partial charge in [0.05, 0.1) is 0 Å². The summed E-state index contributed by atoms with van der Waals surface area (Å²) in [4.78, 5) is 0. The van der Waals surface area contributed by atoms with Crippen LogP contribution >= 0.6 is 33.9 Å². The molecule has 11 heavy (non-hydrogen) atoms. The number of rotatable bonds is 0. The molecule has 0 spiro atoms. The molecular formula is C9H7IS. The zero-order valence-corrected chi connectivity index (χ0v) is 9.07. The van der Waals surface area contributed by atoms with E-state index in [1.165, 1.54) is 19.2 Å². The van der Waals surface area contributed by atoms with Gasteiger partial charge in [0.25, 0.3) is 0 Å². The van der Waals surface area contributed by atoms with Crippen molar-refractivity contribution in [1.82, 2.24) is 0 Å². The third kappa shape index (κ3) is 1.18. The van der Waals surface area contributed by atoms with E-state index in [-0.39, 0.29) is 0 Å². The summed E-state index contributed by atoms with van der Waals surface area (Å²) < 4.78 is 2.77. The van der Waals surface area contributed by atoms with Gasteiger partial charge in [0.2, 0.25) is 0 Å². The minimum atomic E-state index is 1.38. The molecule has 2 aromatic rings. The first-order valence-electron chi connectivity index (χ1n) is 3.41. The van der Waals surface area contributed by atoms with E-state index < -0.39 is 0 Å². The predicted molar refractivity (Wildman–Crippen MR) is 59.3 cm³/mol. The van der Waals surface area contributed by atoms with Crippen molar-refractivity contribution in [2.45, 2.75) is 6.92 Å². The zero-order chi connectivity index (χ0) is 7.84. The van der Waals surface area contributed by atoms with Crippen LogP contribution in [0.15, 0.2) is 23.6 Å². The third-order valence-corrected chi connectivity index (χ3v) is 3.98. The average Bonchev–Trinajstić information content (AvgIpc) is 2.34. The monoisotopic (exact) mass is 274 g/mol. The molecule has 0 unspecified atom stereocenters. The van der Waals surface area contributed by atoms with E-state index in [9.17, 15) is 0 Å². The summed E-state index contributed by atoms with van der Waals surface area (Å²) in [5.74, 6) is 0. The fraction of sp³-hybridized carbons (Fsp3) is 0.111. The van der Waals surface area contributed by atoms with Crippen LogP contribution in [0.1, 0.15) is 5.56 Å². The number of benzene rings is 1. The SMILES string of the molecule is Cc1cccc2scc(I)c12. The van der Waals surface area contributed by atoms with E-state index >= 15 is 0 Å². The van der Waals surface area contributed by atoms with Gasteiger partial charge in [-0.15, -0.1) is 11.3 Å². The lowest BCUT2D eigenvalue weighted by molar-refractivity contribution is 1.54. The Labute approximate surface area is 83.4 Å². The normalized spacial score (nSPS) is 10.7. The minimum absolute atomic E-state index is 1.38. The molecule has 0 N–H and O–H groups in total. The van der Waals surface area contributed by atoms with Crippen molar-refractivity contribution in [3.8, 4) is 0 Å². The predicted octanol–water partition coefficient (Wildman–Crippen LogP) is 3.81. The summed E-state index contributed by atoms with van der Waals surface area (Å²) in [6, 6.07) is 6.45. The number of aryl methyl sites for hydroxylation is 1. The molecule has 2 heteroatoms. The first-order valence-corrected chi connectivity index (χ1v) is 5.37. The van der Waals surface area contributed by atoms with Gasteiger partial charge in [-0.3, -0.25) is 0 Å². The molecule has 0 bridgehead atoms. The van der Waals surface area contributed by atoms with Crippen molar-refractivity contribution in [2.24, 2.45) is 0 Å². The lowest BCUT2D eigenvalue weighted by Gasteiger charge is -1.94. The molecule has 1 aromatic carbocycles. The minimum Gasteiger partial charge on any atom is -0.143 e. The van der Waals surface area contributed by atoms with E-state index in [0.717, 1.165) is 0 Å². The second-order valence-corrected chi connectivity index (χ2v) is 4.61. The zero-order valence-electron chi connectivity index (χ0n) is 6.10. The van der Waals surface area contributed by atoms with Crippen LogP contribution in [0.5, 0.6) is 0 Å².